The van der Waals surface area contributed by atoms with E-state index in [0.29, 0.717) is 17.4 Å². The lowest BCUT2D eigenvalue weighted by atomic mass is 10.3. The maximum Gasteiger partial charge on any atom is 0.146 e. The van der Waals surface area contributed by atoms with E-state index in [0.717, 1.165) is 22.1 Å². The molecular formula is C14H11BrClN3O. The Bertz CT molecular complexity index is 711. The molecule has 102 valence electrons. The summed E-state index contributed by atoms with van der Waals surface area (Å²) in [6.07, 6.45) is 0. The lowest BCUT2D eigenvalue weighted by molar-refractivity contribution is 0.342. The standard InChI is InChI=1S/C14H11BrClN3O/c15-7-8-20-14-6-5-10(16)9-13(14)19-17-11-3-1-2-4-12(11)18-19/h1-6,9H,7-8H2. The molecule has 0 aliphatic rings. The van der Waals surface area contributed by atoms with Gasteiger partial charge >= 0.3 is 0 Å². The molecule has 0 aliphatic heterocycles. The number of halogens is 2. The first-order chi connectivity index (χ1) is 9.78. The van der Waals surface area contributed by atoms with Crippen LogP contribution in [0.15, 0.2) is 42.5 Å². The van der Waals surface area contributed by atoms with Crippen LogP contribution in [0.5, 0.6) is 5.75 Å². The molecule has 0 N–H and O–H groups in total. The zero-order chi connectivity index (χ0) is 13.9. The summed E-state index contributed by atoms with van der Waals surface area (Å²) in [5.41, 5.74) is 2.40. The Labute approximate surface area is 129 Å². The lowest BCUT2D eigenvalue weighted by Crippen LogP contribution is -2.05. The van der Waals surface area contributed by atoms with Gasteiger partial charge in [-0.25, -0.2) is 0 Å². The molecule has 0 unspecified atom stereocenters. The van der Waals surface area contributed by atoms with Crippen molar-refractivity contribution in [2.24, 2.45) is 0 Å². The summed E-state index contributed by atoms with van der Waals surface area (Å²) in [5.74, 6) is 0.703. The van der Waals surface area contributed by atoms with Gasteiger partial charge in [0.2, 0.25) is 0 Å². The highest BCUT2D eigenvalue weighted by Crippen LogP contribution is 2.26. The van der Waals surface area contributed by atoms with Gasteiger partial charge in [-0.05, 0) is 30.3 Å². The predicted octanol–water partition coefficient (Wildman–Crippen LogP) is 3.85. The van der Waals surface area contributed by atoms with Crippen LogP contribution >= 0.6 is 27.5 Å². The maximum atomic E-state index is 6.07. The van der Waals surface area contributed by atoms with Crippen molar-refractivity contribution in [1.82, 2.24) is 15.0 Å². The third-order valence-electron chi connectivity index (χ3n) is 2.76. The van der Waals surface area contributed by atoms with E-state index < -0.39 is 0 Å². The molecular weight excluding hydrogens is 342 g/mol. The maximum absolute atomic E-state index is 6.07. The van der Waals surface area contributed by atoms with E-state index >= 15 is 0 Å². The molecule has 6 heteroatoms. The van der Waals surface area contributed by atoms with E-state index in [4.69, 9.17) is 16.3 Å². The van der Waals surface area contributed by atoms with Crippen molar-refractivity contribution in [2.45, 2.75) is 0 Å². The zero-order valence-electron chi connectivity index (χ0n) is 10.5. The number of aromatic nitrogens is 3. The highest BCUT2D eigenvalue weighted by atomic mass is 79.9. The Morgan fingerprint density at radius 2 is 1.80 bits per heavy atom. The largest absolute Gasteiger partial charge is 0.490 e. The van der Waals surface area contributed by atoms with Crippen molar-refractivity contribution in [3.8, 4) is 11.4 Å². The van der Waals surface area contributed by atoms with Crippen LogP contribution in [-0.4, -0.2) is 26.9 Å². The molecule has 0 amide bonds. The summed E-state index contributed by atoms with van der Waals surface area (Å²) in [7, 11) is 0. The van der Waals surface area contributed by atoms with E-state index in [1.54, 1.807) is 16.9 Å². The summed E-state index contributed by atoms with van der Waals surface area (Å²) >= 11 is 9.41. The summed E-state index contributed by atoms with van der Waals surface area (Å²) in [4.78, 5) is 1.56. The third kappa shape index (κ3) is 2.64. The normalized spacial score (nSPS) is 10.9. The van der Waals surface area contributed by atoms with Crippen LogP contribution in [0.25, 0.3) is 16.7 Å². The molecule has 0 spiro atoms. The van der Waals surface area contributed by atoms with Crippen molar-refractivity contribution in [3.05, 3.63) is 47.5 Å². The molecule has 3 rings (SSSR count). The molecule has 20 heavy (non-hydrogen) atoms. The highest BCUT2D eigenvalue weighted by molar-refractivity contribution is 9.09. The van der Waals surface area contributed by atoms with Crippen LogP contribution in [0.1, 0.15) is 0 Å². The Hall–Kier alpha value is -1.59. The Morgan fingerprint density at radius 3 is 2.45 bits per heavy atom. The molecule has 0 saturated heterocycles. The fraction of sp³-hybridized carbons (Fsp3) is 0.143. The molecule has 4 nitrogen and oxygen atoms in total. The number of fused-ring (bicyclic) bond motifs is 1. The molecule has 3 aromatic rings. The van der Waals surface area contributed by atoms with Gasteiger partial charge in [-0.15, -0.1) is 15.0 Å². The van der Waals surface area contributed by atoms with Gasteiger partial charge in [-0.1, -0.05) is 39.7 Å². The second kappa shape index (κ2) is 5.81. The molecule has 2 aromatic carbocycles. The average Bonchev–Trinajstić information content (AvgIpc) is 2.89. The van der Waals surface area contributed by atoms with Crippen LogP contribution in [0, 0.1) is 0 Å². The summed E-state index contributed by atoms with van der Waals surface area (Å²) in [6, 6.07) is 13.1. The van der Waals surface area contributed by atoms with Gasteiger partial charge in [0.25, 0.3) is 0 Å². The first-order valence-electron chi connectivity index (χ1n) is 6.09. The van der Waals surface area contributed by atoms with Crippen LogP contribution in [-0.2, 0) is 0 Å². The fourth-order valence-corrected chi connectivity index (χ4v) is 2.21. The topological polar surface area (TPSA) is 39.9 Å². The van der Waals surface area contributed by atoms with Crippen molar-refractivity contribution in [1.29, 1.82) is 0 Å². The second-order valence-corrected chi connectivity index (χ2v) is 5.36. The van der Waals surface area contributed by atoms with Crippen LogP contribution in [0.3, 0.4) is 0 Å². The molecule has 0 aliphatic carbocycles. The predicted molar refractivity (Wildman–Crippen MR) is 83.2 cm³/mol. The van der Waals surface area contributed by atoms with E-state index in [9.17, 15) is 0 Å². The van der Waals surface area contributed by atoms with Gasteiger partial charge in [-0.2, -0.15) is 0 Å². The quantitative estimate of drug-likeness (QED) is 0.670. The molecule has 0 bridgehead atoms. The molecule has 0 saturated carbocycles. The number of hydrogen-bond acceptors (Lipinski definition) is 3. The molecule has 1 aromatic heterocycles. The van der Waals surface area contributed by atoms with Crippen LogP contribution in [0.2, 0.25) is 5.02 Å². The van der Waals surface area contributed by atoms with E-state index in [2.05, 4.69) is 26.1 Å². The van der Waals surface area contributed by atoms with Crippen LogP contribution in [0.4, 0.5) is 0 Å². The van der Waals surface area contributed by atoms with E-state index in [-0.39, 0.29) is 0 Å². The van der Waals surface area contributed by atoms with Gasteiger partial charge in [-0.3, -0.25) is 0 Å². The molecule has 0 radical (unpaired) electrons. The smallest absolute Gasteiger partial charge is 0.146 e. The monoisotopic (exact) mass is 351 g/mol. The summed E-state index contributed by atoms with van der Waals surface area (Å²) in [5, 5.41) is 10.3. The average molecular weight is 353 g/mol. The van der Waals surface area contributed by atoms with Gasteiger partial charge in [0.1, 0.15) is 22.5 Å². The van der Waals surface area contributed by atoms with E-state index in [1.807, 2.05) is 30.3 Å². The number of hydrogen-bond donors (Lipinski definition) is 0. The minimum Gasteiger partial charge on any atom is -0.490 e. The molecule has 1 heterocycles. The Morgan fingerprint density at radius 1 is 1.10 bits per heavy atom. The van der Waals surface area contributed by atoms with Gasteiger partial charge < -0.3 is 4.74 Å². The number of rotatable bonds is 4. The summed E-state index contributed by atoms with van der Waals surface area (Å²) in [6.45, 7) is 0.565. The third-order valence-corrected chi connectivity index (χ3v) is 3.32. The van der Waals surface area contributed by atoms with Crippen molar-refractivity contribution < 1.29 is 4.74 Å². The molecule has 0 fully saturated rings. The molecule has 0 atom stereocenters. The van der Waals surface area contributed by atoms with Gasteiger partial charge in [0.15, 0.2) is 0 Å². The Kier molecular flexibility index (Phi) is 3.89. The first kappa shape index (κ1) is 13.4. The van der Waals surface area contributed by atoms with Crippen molar-refractivity contribution in [2.75, 3.05) is 11.9 Å². The minimum absolute atomic E-state index is 0.565. The summed E-state index contributed by atoms with van der Waals surface area (Å²) < 4.78 is 5.69. The minimum atomic E-state index is 0.565. The van der Waals surface area contributed by atoms with Gasteiger partial charge in [0.05, 0.1) is 6.61 Å². The van der Waals surface area contributed by atoms with Crippen molar-refractivity contribution in [3.63, 3.8) is 0 Å². The lowest BCUT2D eigenvalue weighted by Gasteiger charge is -2.09. The number of alkyl halides is 1. The van der Waals surface area contributed by atoms with Crippen molar-refractivity contribution >= 4 is 38.6 Å². The number of nitrogens with zero attached hydrogens (tertiary/aromatic N) is 3. The Balaban J connectivity index is 2.09. The SMILES string of the molecule is Clc1ccc(OCCBr)c(-n2nc3ccccc3n2)c1. The first-order valence-corrected chi connectivity index (χ1v) is 7.58. The zero-order valence-corrected chi connectivity index (χ0v) is 12.8. The number of benzene rings is 2. The van der Waals surface area contributed by atoms with Gasteiger partial charge in [0, 0.05) is 10.4 Å². The highest BCUT2D eigenvalue weighted by Gasteiger charge is 2.11. The fourth-order valence-electron chi connectivity index (χ4n) is 1.88. The number of ether oxygens (including phenoxy) is 1. The van der Waals surface area contributed by atoms with E-state index in [1.165, 1.54) is 0 Å². The van der Waals surface area contributed by atoms with Crippen LogP contribution < -0.4 is 4.74 Å². The second-order valence-electron chi connectivity index (χ2n) is 4.13.